The Morgan fingerprint density at radius 3 is 2.32 bits per heavy atom. The van der Waals surface area contributed by atoms with Gasteiger partial charge in [0.2, 0.25) is 15.9 Å². The molecule has 0 bridgehead atoms. The number of piperazine rings is 1. The summed E-state index contributed by atoms with van der Waals surface area (Å²) >= 11 is 0. The van der Waals surface area contributed by atoms with E-state index in [2.05, 4.69) is 4.72 Å². The Morgan fingerprint density at radius 1 is 1.16 bits per heavy atom. The molecule has 0 saturated carbocycles. The molecule has 0 aliphatic carbocycles. The van der Waals surface area contributed by atoms with Crippen molar-refractivity contribution in [2.75, 3.05) is 26.2 Å². The average molecular weight is 367 g/mol. The number of hydrogen-bond donors (Lipinski definition) is 1. The minimum atomic E-state index is -3.65. The Labute approximate surface area is 149 Å². The van der Waals surface area contributed by atoms with E-state index in [1.54, 1.807) is 28.9 Å². The fourth-order valence-corrected chi connectivity index (χ4v) is 3.99. The highest BCUT2D eigenvalue weighted by atomic mass is 32.2. The zero-order valence-electron chi connectivity index (χ0n) is 14.9. The lowest BCUT2D eigenvalue weighted by molar-refractivity contribution is -0.130. The van der Waals surface area contributed by atoms with E-state index in [0.29, 0.717) is 38.2 Å². The van der Waals surface area contributed by atoms with E-state index in [9.17, 15) is 18.0 Å². The summed E-state index contributed by atoms with van der Waals surface area (Å²) in [5, 5.41) is 0. The molecule has 1 aliphatic heterocycles. The summed E-state index contributed by atoms with van der Waals surface area (Å²) in [5.74, 6) is -0.222. The summed E-state index contributed by atoms with van der Waals surface area (Å²) in [5.41, 5.74) is 0.336. The van der Waals surface area contributed by atoms with Crippen molar-refractivity contribution in [2.45, 2.75) is 38.1 Å². The zero-order valence-corrected chi connectivity index (χ0v) is 15.7. The monoisotopic (exact) mass is 367 g/mol. The topological polar surface area (TPSA) is 86.8 Å². The van der Waals surface area contributed by atoms with Gasteiger partial charge in [-0.2, -0.15) is 0 Å². The number of nitrogens with zero attached hydrogens (tertiary/aromatic N) is 2. The van der Waals surface area contributed by atoms with Gasteiger partial charge in [-0.05, 0) is 31.5 Å². The van der Waals surface area contributed by atoms with Gasteiger partial charge in [-0.15, -0.1) is 0 Å². The van der Waals surface area contributed by atoms with Crippen LogP contribution in [0.2, 0.25) is 0 Å². The molecular formula is C17H25N3O4S. The highest BCUT2D eigenvalue weighted by molar-refractivity contribution is 7.89. The van der Waals surface area contributed by atoms with Gasteiger partial charge < -0.3 is 9.80 Å². The molecule has 1 fully saturated rings. The van der Waals surface area contributed by atoms with E-state index >= 15 is 0 Å². The molecule has 1 atom stereocenters. The van der Waals surface area contributed by atoms with Crippen molar-refractivity contribution in [3.05, 3.63) is 29.8 Å². The second-order valence-corrected chi connectivity index (χ2v) is 7.97. The van der Waals surface area contributed by atoms with Gasteiger partial charge in [0.15, 0.2) is 0 Å². The minimum Gasteiger partial charge on any atom is -0.339 e. The number of sulfonamides is 1. The second kappa shape index (κ2) is 7.97. The number of carbonyl (C=O) groups excluding carboxylic acids is 2. The number of rotatable bonds is 5. The van der Waals surface area contributed by atoms with Crippen LogP contribution in [-0.4, -0.2) is 62.3 Å². The van der Waals surface area contributed by atoms with E-state index in [-0.39, 0.29) is 22.8 Å². The fraction of sp³-hybridized carbons (Fsp3) is 0.529. The molecule has 1 aromatic rings. The first kappa shape index (κ1) is 19.4. The molecule has 1 unspecified atom stereocenters. The number of carbonyl (C=O) groups is 2. The van der Waals surface area contributed by atoms with Gasteiger partial charge in [0.25, 0.3) is 5.91 Å². The van der Waals surface area contributed by atoms with Crippen molar-refractivity contribution in [1.29, 1.82) is 0 Å². The standard InChI is InChI=1S/C17H25N3O4S/c1-4-13(2)18-25(23,24)16-7-5-6-15(12-16)17(22)20-10-8-19(9-11-20)14(3)21/h5-7,12-13,18H,4,8-11H2,1-3H3. The minimum absolute atomic E-state index is 0.00342. The maximum absolute atomic E-state index is 12.6. The number of amides is 2. The van der Waals surface area contributed by atoms with Crippen LogP contribution in [0.25, 0.3) is 0 Å². The predicted molar refractivity (Wildman–Crippen MR) is 94.7 cm³/mol. The molecule has 138 valence electrons. The van der Waals surface area contributed by atoms with Gasteiger partial charge in [-0.25, -0.2) is 13.1 Å². The van der Waals surface area contributed by atoms with Crippen LogP contribution >= 0.6 is 0 Å². The van der Waals surface area contributed by atoms with Gasteiger partial charge in [0.1, 0.15) is 0 Å². The van der Waals surface area contributed by atoms with Gasteiger partial charge >= 0.3 is 0 Å². The molecule has 1 aliphatic rings. The van der Waals surface area contributed by atoms with Crippen LogP contribution < -0.4 is 4.72 Å². The third-order valence-corrected chi connectivity index (χ3v) is 5.96. The highest BCUT2D eigenvalue weighted by Crippen LogP contribution is 2.15. The van der Waals surface area contributed by atoms with Crippen molar-refractivity contribution in [2.24, 2.45) is 0 Å². The number of nitrogens with one attached hydrogen (secondary N) is 1. The fourth-order valence-electron chi connectivity index (χ4n) is 2.62. The first-order chi connectivity index (χ1) is 11.7. The summed E-state index contributed by atoms with van der Waals surface area (Å²) in [6, 6.07) is 5.90. The molecular weight excluding hydrogens is 342 g/mol. The number of benzene rings is 1. The van der Waals surface area contributed by atoms with Crippen molar-refractivity contribution in [3.63, 3.8) is 0 Å². The van der Waals surface area contributed by atoms with E-state index in [1.807, 2.05) is 6.92 Å². The molecule has 2 amide bonds. The van der Waals surface area contributed by atoms with Crippen molar-refractivity contribution >= 4 is 21.8 Å². The highest BCUT2D eigenvalue weighted by Gasteiger charge is 2.24. The van der Waals surface area contributed by atoms with Crippen LogP contribution in [0.1, 0.15) is 37.6 Å². The zero-order chi connectivity index (χ0) is 18.6. The Balaban J connectivity index is 2.13. The van der Waals surface area contributed by atoms with Crippen LogP contribution in [0, 0.1) is 0 Å². The van der Waals surface area contributed by atoms with Crippen molar-refractivity contribution in [1.82, 2.24) is 14.5 Å². The smallest absolute Gasteiger partial charge is 0.254 e. The summed E-state index contributed by atoms with van der Waals surface area (Å²) in [7, 11) is -3.65. The largest absolute Gasteiger partial charge is 0.339 e. The van der Waals surface area contributed by atoms with E-state index < -0.39 is 10.0 Å². The first-order valence-electron chi connectivity index (χ1n) is 8.41. The van der Waals surface area contributed by atoms with Gasteiger partial charge in [0, 0.05) is 44.7 Å². The summed E-state index contributed by atoms with van der Waals surface area (Å²) in [6.45, 7) is 7.08. The normalized spacial score (nSPS) is 16.6. The second-order valence-electron chi connectivity index (χ2n) is 6.26. The summed E-state index contributed by atoms with van der Waals surface area (Å²) in [4.78, 5) is 27.4. The lowest BCUT2D eigenvalue weighted by Crippen LogP contribution is -2.50. The van der Waals surface area contributed by atoms with Crippen LogP contribution in [0.3, 0.4) is 0 Å². The maximum Gasteiger partial charge on any atom is 0.254 e. The Bertz CT molecular complexity index is 740. The molecule has 0 radical (unpaired) electrons. The van der Waals surface area contributed by atoms with Crippen LogP contribution in [0.5, 0.6) is 0 Å². The van der Waals surface area contributed by atoms with E-state index in [0.717, 1.165) is 0 Å². The lowest BCUT2D eigenvalue weighted by Gasteiger charge is -2.34. The van der Waals surface area contributed by atoms with Gasteiger partial charge in [0.05, 0.1) is 4.90 Å². The average Bonchev–Trinajstić information content (AvgIpc) is 2.60. The van der Waals surface area contributed by atoms with Crippen LogP contribution in [-0.2, 0) is 14.8 Å². The third kappa shape index (κ3) is 4.79. The van der Waals surface area contributed by atoms with E-state index in [1.165, 1.54) is 19.1 Å². The molecule has 0 aromatic heterocycles. The molecule has 0 spiro atoms. The summed E-state index contributed by atoms with van der Waals surface area (Å²) < 4.78 is 27.4. The maximum atomic E-state index is 12.6. The van der Waals surface area contributed by atoms with Crippen LogP contribution in [0.15, 0.2) is 29.2 Å². The first-order valence-corrected chi connectivity index (χ1v) is 9.90. The Morgan fingerprint density at radius 2 is 1.76 bits per heavy atom. The molecule has 2 rings (SSSR count). The molecule has 1 N–H and O–H groups in total. The van der Waals surface area contributed by atoms with E-state index in [4.69, 9.17) is 0 Å². The predicted octanol–water partition coefficient (Wildman–Crippen LogP) is 1.07. The van der Waals surface area contributed by atoms with Crippen LogP contribution in [0.4, 0.5) is 0 Å². The summed E-state index contributed by atoms with van der Waals surface area (Å²) in [6.07, 6.45) is 0.679. The molecule has 25 heavy (non-hydrogen) atoms. The van der Waals surface area contributed by atoms with Crippen molar-refractivity contribution in [3.8, 4) is 0 Å². The molecule has 1 saturated heterocycles. The molecule has 8 heteroatoms. The quantitative estimate of drug-likeness (QED) is 0.843. The SMILES string of the molecule is CCC(C)NS(=O)(=O)c1cccc(C(=O)N2CCN(C(C)=O)CC2)c1. The molecule has 1 aromatic carbocycles. The molecule has 7 nitrogen and oxygen atoms in total. The van der Waals surface area contributed by atoms with Crippen molar-refractivity contribution < 1.29 is 18.0 Å². The van der Waals surface area contributed by atoms with Gasteiger partial charge in [-0.1, -0.05) is 13.0 Å². The Hall–Kier alpha value is -1.93. The lowest BCUT2D eigenvalue weighted by atomic mass is 10.2. The number of hydrogen-bond acceptors (Lipinski definition) is 4. The van der Waals surface area contributed by atoms with Gasteiger partial charge in [-0.3, -0.25) is 9.59 Å². The molecule has 1 heterocycles. The third-order valence-electron chi connectivity index (χ3n) is 4.37. The Kier molecular flexibility index (Phi) is 6.18.